The third-order valence-corrected chi connectivity index (χ3v) is 2.54. The van der Waals surface area contributed by atoms with Crippen LogP contribution in [-0.4, -0.2) is 44.1 Å². The van der Waals surface area contributed by atoms with Crippen molar-refractivity contribution in [2.45, 2.75) is 25.9 Å². The standard InChI is InChI=1S/C8H17NO4S/c1-7(10)6-9-8(11)4-3-5-14(2,12)13/h7,10H,3-6H2,1-2H3,(H,9,11). The first-order valence-electron chi connectivity index (χ1n) is 4.44. The summed E-state index contributed by atoms with van der Waals surface area (Å²) >= 11 is 0. The molecule has 1 atom stereocenters. The molecule has 1 amide bonds. The lowest BCUT2D eigenvalue weighted by atomic mass is 10.3. The van der Waals surface area contributed by atoms with Gasteiger partial charge in [0.05, 0.1) is 11.9 Å². The van der Waals surface area contributed by atoms with Gasteiger partial charge in [-0.25, -0.2) is 8.42 Å². The van der Waals surface area contributed by atoms with E-state index in [9.17, 15) is 13.2 Å². The second-order valence-corrected chi connectivity index (χ2v) is 5.65. The Morgan fingerprint density at radius 3 is 2.50 bits per heavy atom. The van der Waals surface area contributed by atoms with Gasteiger partial charge in [-0.3, -0.25) is 4.79 Å². The summed E-state index contributed by atoms with van der Waals surface area (Å²) in [5.41, 5.74) is 0. The molecule has 6 heteroatoms. The van der Waals surface area contributed by atoms with Gasteiger partial charge in [0, 0.05) is 19.2 Å². The van der Waals surface area contributed by atoms with Crippen LogP contribution in [0.2, 0.25) is 0 Å². The summed E-state index contributed by atoms with van der Waals surface area (Å²) in [5, 5.41) is 11.3. The Balaban J connectivity index is 3.55. The van der Waals surface area contributed by atoms with Crippen molar-refractivity contribution in [2.75, 3.05) is 18.6 Å². The molecular weight excluding hydrogens is 206 g/mol. The number of rotatable bonds is 6. The van der Waals surface area contributed by atoms with Crippen molar-refractivity contribution in [3.05, 3.63) is 0 Å². The van der Waals surface area contributed by atoms with Crippen LogP contribution < -0.4 is 5.32 Å². The molecule has 0 spiro atoms. The van der Waals surface area contributed by atoms with Gasteiger partial charge in [0.15, 0.2) is 0 Å². The molecule has 0 aliphatic rings. The van der Waals surface area contributed by atoms with E-state index in [1.54, 1.807) is 6.92 Å². The fraction of sp³-hybridized carbons (Fsp3) is 0.875. The van der Waals surface area contributed by atoms with Crippen LogP contribution in [0.5, 0.6) is 0 Å². The van der Waals surface area contributed by atoms with Crippen molar-refractivity contribution >= 4 is 15.7 Å². The van der Waals surface area contributed by atoms with Crippen LogP contribution >= 0.6 is 0 Å². The second kappa shape index (κ2) is 5.98. The molecule has 0 bridgehead atoms. The molecule has 0 aromatic heterocycles. The van der Waals surface area contributed by atoms with Crippen LogP contribution in [0, 0.1) is 0 Å². The maximum absolute atomic E-state index is 11.0. The number of carbonyl (C=O) groups excluding carboxylic acids is 1. The van der Waals surface area contributed by atoms with E-state index in [2.05, 4.69) is 5.32 Å². The van der Waals surface area contributed by atoms with E-state index in [1.807, 2.05) is 0 Å². The van der Waals surface area contributed by atoms with Gasteiger partial charge in [0.25, 0.3) is 0 Å². The number of carbonyl (C=O) groups is 1. The molecule has 0 heterocycles. The zero-order chi connectivity index (χ0) is 11.2. The minimum atomic E-state index is -2.98. The van der Waals surface area contributed by atoms with Crippen molar-refractivity contribution in [1.29, 1.82) is 0 Å². The molecular formula is C8H17NO4S. The molecule has 14 heavy (non-hydrogen) atoms. The highest BCUT2D eigenvalue weighted by Gasteiger charge is 2.06. The van der Waals surface area contributed by atoms with Gasteiger partial charge in [-0.2, -0.15) is 0 Å². The van der Waals surface area contributed by atoms with Gasteiger partial charge in [0.2, 0.25) is 5.91 Å². The highest BCUT2D eigenvalue weighted by Crippen LogP contribution is 1.94. The van der Waals surface area contributed by atoms with E-state index in [-0.39, 0.29) is 24.6 Å². The van der Waals surface area contributed by atoms with Gasteiger partial charge >= 0.3 is 0 Å². The fourth-order valence-electron chi connectivity index (χ4n) is 0.845. The van der Waals surface area contributed by atoms with E-state index < -0.39 is 15.9 Å². The predicted molar refractivity (Wildman–Crippen MR) is 53.6 cm³/mol. The second-order valence-electron chi connectivity index (χ2n) is 3.39. The van der Waals surface area contributed by atoms with E-state index >= 15 is 0 Å². The summed E-state index contributed by atoms with van der Waals surface area (Å²) in [5.74, 6) is -0.204. The molecule has 0 aromatic rings. The minimum Gasteiger partial charge on any atom is -0.392 e. The maximum atomic E-state index is 11.0. The zero-order valence-electron chi connectivity index (χ0n) is 8.49. The van der Waals surface area contributed by atoms with Crippen LogP contribution in [0.4, 0.5) is 0 Å². The number of hydrogen-bond donors (Lipinski definition) is 2. The fourth-order valence-corrected chi connectivity index (χ4v) is 1.51. The van der Waals surface area contributed by atoms with E-state index in [4.69, 9.17) is 5.11 Å². The van der Waals surface area contributed by atoms with Gasteiger partial charge in [-0.1, -0.05) is 0 Å². The number of aliphatic hydroxyl groups is 1. The Morgan fingerprint density at radius 1 is 1.50 bits per heavy atom. The SMILES string of the molecule is CC(O)CNC(=O)CCCS(C)(=O)=O. The molecule has 2 N–H and O–H groups in total. The Bertz CT molecular complexity index is 271. The van der Waals surface area contributed by atoms with Crippen molar-refractivity contribution in [1.82, 2.24) is 5.32 Å². The summed E-state index contributed by atoms with van der Waals surface area (Å²) in [6, 6.07) is 0. The van der Waals surface area contributed by atoms with Gasteiger partial charge in [0.1, 0.15) is 9.84 Å². The number of nitrogens with one attached hydrogen (secondary N) is 1. The first-order valence-corrected chi connectivity index (χ1v) is 6.50. The van der Waals surface area contributed by atoms with Crippen LogP contribution in [0.3, 0.4) is 0 Å². The quantitative estimate of drug-likeness (QED) is 0.624. The molecule has 0 aromatic carbocycles. The van der Waals surface area contributed by atoms with Gasteiger partial charge in [-0.15, -0.1) is 0 Å². The van der Waals surface area contributed by atoms with Crippen molar-refractivity contribution in [2.24, 2.45) is 0 Å². The van der Waals surface area contributed by atoms with E-state index in [0.717, 1.165) is 6.26 Å². The average Bonchev–Trinajstić information content (AvgIpc) is 1.98. The molecule has 0 fully saturated rings. The van der Waals surface area contributed by atoms with Gasteiger partial charge < -0.3 is 10.4 Å². The summed E-state index contributed by atoms with van der Waals surface area (Å²) in [7, 11) is -2.98. The summed E-state index contributed by atoms with van der Waals surface area (Å²) in [6.45, 7) is 1.77. The molecule has 0 saturated heterocycles. The summed E-state index contributed by atoms with van der Waals surface area (Å²) in [4.78, 5) is 11.0. The minimum absolute atomic E-state index is 0.0229. The lowest BCUT2D eigenvalue weighted by Gasteiger charge is -2.06. The van der Waals surface area contributed by atoms with Crippen molar-refractivity contribution in [3.8, 4) is 0 Å². The lowest BCUT2D eigenvalue weighted by Crippen LogP contribution is -2.30. The monoisotopic (exact) mass is 223 g/mol. The van der Waals surface area contributed by atoms with Crippen LogP contribution in [0.15, 0.2) is 0 Å². The molecule has 0 rings (SSSR count). The molecule has 0 saturated carbocycles. The topological polar surface area (TPSA) is 83.5 Å². The van der Waals surface area contributed by atoms with Crippen LogP contribution in [0.1, 0.15) is 19.8 Å². The predicted octanol–water partition coefficient (Wildman–Crippen LogP) is -0.692. The number of amides is 1. The smallest absolute Gasteiger partial charge is 0.220 e. The molecule has 5 nitrogen and oxygen atoms in total. The summed E-state index contributed by atoms with van der Waals surface area (Å²) < 4.78 is 21.4. The average molecular weight is 223 g/mol. The number of aliphatic hydroxyl groups excluding tert-OH is 1. The van der Waals surface area contributed by atoms with E-state index in [1.165, 1.54) is 0 Å². The third-order valence-electron chi connectivity index (χ3n) is 1.51. The maximum Gasteiger partial charge on any atom is 0.220 e. The Hall–Kier alpha value is -0.620. The molecule has 84 valence electrons. The highest BCUT2D eigenvalue weighted by molar-refractivity contribution is 7.90. The molecule has 0 aliphatic carbocycles. The first kappa shape index (κ1) is 13.4. The zero-order valence-corrected chi connectivity index (χ0v) is 9.30. The van der Waals surface area contributed by atoms with Crippen LogP contribution in [0.25, 0.3) is 0 Å². The Kier molecular flexibility index (Phi) is 5.71. The molecule has 0 radical (unpaired) electrons. The highest BCUT2D eigenvalue weighted by atomic mass is 32.2. The van der Waals surface area contributed by atoms with Gasteiger partial charge in [-0.05, 0) is 13.3 Å². The van der Waals surface area contributed by atoms with E-state index in [0.29, 0.717) is 6.42 Å². The first-order chi connectivity index (χ1) is 6.31. The Labute approximate surface area is 84.4 Å². The summed E-state index contributed by atoms with van der Waals surface area (Å²) in [6.07, 6.45) is 1.07. The van der Waals surface area contributed by atoms with Crippen molar-refractivity contribution < 1.29 is 18.3 Å². The largest absolute Gasteiger partial charge is 0.392 e. The lowest BCUT2D eigenvalue weighted by molar-refractivity contribution is -0.121. The normalized spacial score (nSPS) is 13.6. The number of hydrogen-bond acceptors (Lipinski definition) is 4. The molecule has 0 aliphatic heterocycles. The molecule has 1 unspecified atom stereocenters. The van der Waals surface area contributed by atoms with Crippen LogP contribution in [-0.2, 0) is 14.6 Å². The Morgan fingerprint density at radius 2 is 2.07 bits per heavy atom. The third kappa shape index (κ3) is 9.47. The number of sulfone groups is 1. The van der Waals surface area contributed by atoms with Crippen molar-refractivity contribution in [3.63, 3.8) is 0 Å².